The van der Waals surface area contributed by atoms with Gasteiger partial charge in [-0.25, -0.2) is 12.8 Å². The smallest absolute Gasteiger partial charge is 0.264 e. The third kappa shape index (κ3) is 7.83. The van der Waals surface area contributed by atoms with Crippen molar-refractivity contribution in [2.75, 3.05) is 17.1 Å². The predicted octanol–water partition coefficient (Wildman–Crippen LogP) is 4.99. The van der Waals surface area contributed by atoms with Crippen LogP contribution in [0.2, 0.25) is 0 Å². The highest BCUT2D eigenvalue weighted by Crippen LogP contribution is 2.26. The van der Waals surface area contributed by atoms with Gasteiger partial charge < -0.3 is 10.2 Å². The molecule has 0 aliphatic carbocycles. The van der Waals surface area contributed by atoms with Crippen molar-refractivity contribution < 1.29 is 22.4 Å². The molecule has 0 bridgehead atoms. The zero-order valence-corrected chi connectivity index (χ0v) is 24.4. The van der Waals surface area contributed by atoms with E-state index >= 15 is 0 Å². The molecular weight excluding hydrogens is 537 g/mol. The van der Waals surface area contributed by atoms with Gasteiger partial charge in [0.05, 0.1) is 10.6 Å². The maximum Gasteiger partial charge on any atom is 0.264 e. The van der Waals surface area contributed by atoms with Crippen LogP contribution in [0.4, 0.5) is 10.1 Å². The van der Waals surface area contributed by atoms with Crippen molar-refractivity contribution in [3.05, 3.63) is 89.7 Å². The van der Waals surface area contributed by atoms with Crippen LogP contribution in [0.5, 0.6) is 0 Å². The zero-order valence-electron chi connectivity index (χ0n) is 22.7. The van der Waals surface area contributed by atoms with Gasteiger partial charge in [0.25, 0.3) is 10.0 Å². The lowest BCUT2D eigenvalue weighted by molar-refractivity contribution is -0.139. The van der Waals surface area contributed by atoms with E-state index in [0.717, 1.165) is 14.8 Å². The fourth-order valence-electron chi connectivity index (χ4n) is 3.89. The van der Waals surface area contributed by atoms with E-state index in [2.05, 4.69) is 5.32 Å². The number of anilines is 1. The van der Waals surface area contributed by atoms with Crippen LogP contribution in [0.25, 0.3) is 0 Å². The van der Waals surface area contributed by atoms with Crippen molar-refractivity contribution in [3.63, 3.8) is 0 Å². The normalized spacial score (nSPS) is 12.2. The van der Waals surface area contributed by atoms with Gasteiger partial charge in [-0.3, -0.25) is 13.9 Å². The molecule has 3 aromatic carbocycles. The van der Waals surface area contributed by atoms with Crippen LogP contribution in [0.15, 0.2) is 82.6 Å². The lowest BCUT2D eigenvalue weighted by atomic mass is 10.1. The molecular formula is C29H34FN3O4S2. The maximum atomic E-state index is 13.8. The summed E-state index contributed by atoms with van der Waals surface area (Å²) in [6, 6.07) is 17.9. The first kappa shape index (κ1) is 30.2. The second kappa shape index (κ2) is 13.1. The second-order valence-electron chi connectivity index (χ2n) is 9.51. The summed E-state index contributed by atoms with van der Waals surface area (Å²) in [6.45, 7) is 6.56. The Balaban J connectivity index is 2.02. The van der Waals surface area contributed by atoms with Crippen molar-refractivity contribution in [3.8, 4) is 0 Å². The minimum Gasteiger partial charge on any atom is -0.352 e. The number of thioether (sulfide) groups is 1. The predicted molar refractivity (Wildman–Crippen MR) is 154 cm³/mol. The van der Waals surface area contributed by atoms with Crippen molar-refractivity contribution in [1.82, 2.24) is 10.2 Å². The molecule has 0 radical (unpaired) electrons. The highest BCUT2D eigenvalue weighted by atomic mass is 32.2. The first-order valence-corrected chi connectivity index (χ1v) is 15.2. The summed E-state index contributed by atoms with van der Waals surface area (Å²) in [5, 5.41) is 2.80. The van der Waals surface area contributed by atoms with Crippen LogP contribution in [0.3, 0.4) is 0 Å². The first-order chi connectivity index (χ1) is 18.4. The van der Waals surface area contributed by atoms with E-state index < -0.39 is 34.3 Å². The molecule has 2 amide bonds. The fourth-order valence-corrected chi connectivity index (χ4v) is 5.71. The molecule has 0 aliphatic heterocycles. The van der Waals surface area contributed by atoms with Crippen molar-refractivity contribution in [2.45, 2.75) is 56.1 Å². The Kier molecular flexibility index (Phi) is 10.2. The van der Waals surface area contributed by atoms with Gasteiger partial charge in [0.1, 0.15) is 18.4 Å². The van der Waals surface area contributed by atoms with Gasteiger partial charge in [-0.2, -0.15) is 0 Å². The minimum absolute atomic E-state index is 0.00397. The van der Waals surface area contributed by atoms with Crippen LogP contribution in [-0.2, 0) is 26.2 Å². The summed E-state index contributed by atoms with van der Waals surface area (Å²) in [6.07, 6.45) is 1.90. The highest BCUT2D eigenvalue weighted by Gasteiger charge is 2.32. The highest BCUT2D eigenvalue weighted by molar-refractivity contribution is 7.98. The molecule has 208 valence electrons. The molecule has 10 heteroatoms. The summed E-state index contributed by atoms with van der Waals surface area (Å²) in [5.41, 5.74) is 1.86. The van der Waals surface area contributed by atoms with Gasteiger partial charge in [0.2, 0.25) is 11.8 Å². The van der Waals surface area contributed by atoms with Crippen LogP contribution < -0.4 is 9.62 Å². The number of hydrogen-bond donors (Lipinski definition) is 1. The van der Waals surface area contributed by atoms with Gasteiger partial charge >= 0.3 is 0 Å². The van der Waals surface area contributed by atoms with E-state index in [1.54, 1.807) is 43.3 Å². The maximum absolute atomic E-state index is 13.8. The molecule has 7 nitrogen and oxygen atoms in total. The molecule has 0 aliphatic rings. The number of carbonyl (C=O) groups is 2. The van der Waals surface area contributed by atoms with E-state index in [1.807, 2.05) is 27.0 Å². The molecule has 1 atom stereocenters. The summed E-state index contributed by atoms with van der Waals surface area (Å²) < 4.78 is 42.3. The van der Waals surface area contributed by atoms with E-state index in [-0.39, 0.29) is 23.4 Å². The number of sulfonamides is 1. The number of nitrogens with zero attached hydrogens (tertiary/aromatic N) is 2. The van der Waals surface area contributed by atoms with Crippen molar-refractivity contribution in [1.29, 1.82) is 0 Å². The average molecular weight is 572 g/mol. The van der Waals surface area contributed by atoms with Gasteiger partial charge in [-0.05, 0) is 88.0 Å². The topological polar surface area (TPSA) is 86.8 Å². The Morgan fingerprint density at radius 2 is 1.51 bits per heavy atom. The molecule has 0 saturated carbocycles. The SMILES string of the molecule is CSc1ccc(S(=O)(=O)N(CC(=O)N(Cc2ccc(F)cc2)C(C)C(=O)NC(C)C)c2ccc(C)cc2)cc1. The first-order valence-electron chi connectivity index (χ1n) is 12.5. The number of hydrogen-bond acceptors (Lipinski definition) is 5. The standard InChI is InChI=1S/C29H34FN3O4S2/c1-20(2)31-29(35)22(4)32(18-23-8-10-24(30)11-9-23)28(34)19-33(25-12-6-21(3)7-13-25)39(36,37)27-16-14-26(38-5)15-17-27/h6-17,20,22H,18-19H2,1-5H3,(H,31,35). The quantitative estimate of drug-likeness (QED) is 0.328. The van der Waals surface area contributed by atoms with Crippen LogP contribution in [-0.4, -0.2) is 50.0 Å². The van der Waals surface area contributed by atoms with Crippen LogP contribution in [0, 0.1) is 12.7 Å². The molecule has 1 unspecified atom stereocenters. The number of carbonyl (C=O) groups excluding carboxylic acids is 2. The third-order valence-electron chi connectivity index (χ3n) is 6.11. The number of nitrogens with one attached hydrogen (secondary N) is 1. The van der Waals surface area contributed by atoms with Crippen molar-refractivity contribution in [2.24, 2.45) is 0 Å². The largest absolute Gasteiger partial charge is 0.352 e. The summed E-state index contributed by atoms with van der Waals surface area (Å²) in [7, 11) is -4.14. The Bertz CT molecular complexity index is 1380. The lowest BCUT2D eigenvalue weighted by Gasteiger charge is -2.32. The molecule has 0 saturated heterocycles. The monoisotopic (exact) mass is 571 g/mol. The zero-order chi connectivity index (χ0) is 28.7. The summed E-state index contributed by atoms with van der Waals surface area (Å²) in [5.74, 6) is -1.38. The number of amides is 2. The van der Waals surface area contributed by atoms with E-state index in [9.17, 15) is 22.4 Å². The van der Waals surface area contributed by atoms with Gasteiger partial charge in [-0.1, -0.05) is 29.8 Å². The number of rotatable bonds is 11. The second-order valence-corrected chi connectivity index (χ2v) is 12.3. The Morgan fingerprint density at radius 3 is 2.05 bits per heavy atom. The Morgan fingerprint density at radius 1 is 0.923 bits per heavy atom. The van der Waals surface area contributed by atoms with Gasteiger partial charge in [0.15, 0.2) is 0 Å². The van der Waals surface area contributed by atoms with Gasteiger partial charge in [0, 0.05) is 17.5 Å². The van der Waals surface area contributed by atoms with E-state index in [0.29, 0.717) is 11.3 Å². The molecule has 0 aromatic heterocycles. The van der Waals surface area contributed by atoms with Crippen LogP contribution in [0.1, 0.15) is 31.9 Å². The molecule has 0 heterocycles. The van der Waals surface area contributed by atoms with E-state index in [1.165, 1.54) is 53.1 Å². The summed E-state index contributed by atoms with van der Waals surface area (Å²) >= 11 is 1.49. The molecule has 0 spiro atoms. The number of halogens is 1. The summed E-state index contributed by atoms with van der Waals surface area (Å²) in [4.78, 5) is 29.0. The van der Waals surface area contributed by atoms with E-state index in [4.69, 9.17) is 0 Å². The lowest BCUT2D eigenvalue weighted by Crippen LogP contribution is -2.52. The molecule has 0 fully saturated rings. The fraction of sp³-hybridized carbons (Fsp3) is 0.310. The number of benzene rings is 3. The van der Waals surface area contributed by atoms with Gasteiger partial charge in [-0.15, -0.1) is 11.8 Å². The Labute approximate surface area is 234 Å². The van der Waals surface area contributed by atoms with Crippen molar-refractivity contribution >= 4 is 39.3 Å². The molecule has 39 heavy (non-hydrogen) atoms. The molecule has 3 rings (SSSR count). The Hall–Kier alpha value is -3.37. The number of aryl methyl sites for hydroxylation is 1. The average Bonchev–Trinajstić information content (AvgIpc) is 2.91. The van der Waals surface area contributed by atoms with Crippen LogP contribution >= 0.6 is 11.8 Å². The molecule has 3 aromatic rings. The third-order valence-corrected chi connectivity index (χ3v) is 8.64. The molecule has 1 N–H and O–H groups in total. The minimum atomic E-state index is -4.14.